The lowest BCUT2D eigenvalue weighted by Crippen LogP contribution is -2.54. The highest BCUT2D eigenvalue weighted by Crippen LogP contribution is 2.65. The molecule has 0 aliphatic heterocycles. The second kappa shape index (κ2) is 22.8. The van der Waals surface area contributed by atoms with Gasteiger partial charge in [0, 0.05) is 21.7 Å². The molecule has 8 nitrogen and oxygen atoms in total. The van der Waals surface area contributed by atoms with Crippen LogP contribution in [0.5, 0.6) is 46.0 Å². The fraction of sp³-hybridized carbons (Fsp3) is 0.250. The standard InChI is InChI=1S/C64H58Br4Cl4O8/c1-32-17-38(18-33(2)54(32)75)61(6,39-19-34(3)55(76)35(4)20-39)29-60(5,30-62(7,40-21-46(65)56(77)47(66)22-40)41-23-48(67)57(78)49(68)24-41)64(36-9-13-44(73)14-10-36,37-11-15-45(74)16-12-37)31-63(8,42-25-50(69)58(79)51(70)26-42)43-27-52(71)59(80)53(72)28-43/h9-28,73-80H,29-31H2,1-8H3. The van der Waals surface area contributed by atoms with Gasteiger partial charge in [0.25, 0.3) is 0 Å². The van der Waals surface area contributed by atoms with Crippen molar-refractivity contribution in [3.8, 4) is 46.0 Å². The van der Waals surface area contributed by atoms with Gasteiger partial charge in [-0.2, -0.15) is 0 Å². The van der Waals surface area contributed by atoms with Crippen molar-refractivity contribution >= 4 is 110 Å². The topological polar surface area (TPSA) is 162 Å². The molecule has 0 aliphatic rings. The molecule has 16 heteroatoms. The van der Waals surface area contributed by atoms with E-state index < -0.39 is 27.1 Å². The Hall–Kier alpha value is -4.76. The second-order valence-corrected chi connectivity index (χ2v) is 27.2. The Morgan fingerprint density at radius 2 is 0.550 bits per heavy atom. The molecule has 0 heterocycles. The summed E-state index contributed by atoms with van der Waals surface area (Å²) in [5.74, 6) is -0.444. The van der Waals surface area contributed by atoms with Gasteiger partial charge >= 0.3 is 0 Å². The van der Waals surface area contributed by atoms with Crippen LogP contribution in [0.4, 0.5) is 0 Å². The van der Waals surface area contributed by atoms with E-state index in [1.165, 1.54) is 0 Å². The Morgan fingerprint density at radius 3 is 0.825 bits per heavy atom. The summed E-state index contributed by atoms with van der Waals surface area (Å²) in [6.45, 7) is 15.9. The molecule has 0 spiro atoms. The monoisotopic (exact) mass is 1410 g/mol. The third-order valence-electron chi connectivity index (χ3n) is 16.7. The maximum Gasteiger partial charge on any atom is 0.152 e. The lowest BCUT2D eigenvalue weighted by molar-refractivity contribution is 0.0731. The van der Waals surface area contributed by atoms with Crippen LogP contribution in [0.15, 0.2) is 139 Å². The molecule has 0 saturated heterocycles. The van der Waals surface area contributed by atoms with Crippen molar-refractivity contribution in [2.45, 2.75) is 96.3 Å². The van der Waals surface area contributed by atoms with Crippen molar-refractivity contribution in [2.24, 2.45) is 5.41 Å². The zero-order valence-electron chi connectivity index (χ0n) is 44.8. The summed E-state index contributed by atoms with van der Waals surface area (Å²) in [6.07, 6.45) is 0.483. The molecular formula is C64H58Br4Cl4O8. The smallest absolute Gasteiger partial charge is 0.152 e. The molecule has 0 aliphatic carbocycles. The summed E-state index contributed by atoms with van der Waals surface area (Å²) in [4.78, 5) is 0. The minimum Gasteiger partial charge on any atom is -0.508 e. The lowest BCUT2D eigenvalue weighted by Gasteiger charge is -2.59. The molecule has 80 heavy (non-hydrogen) atoms. The van der Waals surface area contributed by atoms with Gasteiger partial charge in [0.1, 0.15) is 34.5 Å². The van der Waals surface area contributed by atoms with Crippen molar-refractivity contribution in [2.75, 3.05) is 0 Å². The Bertz CT molecular complexity index is 3250. The number of phenolic OH excluding ortho intramolecular Hbond substituents is 8. The van der Waals surface area contributed by atoms with Crippen LogP contribution in [0.25, 0.3) is 0 Å². The number of halogens is 8. The van der Waals surface area contributed by atoms with E-state index in [0.717, 1.165) is 22.3 Å². The van der Waals surface area contributed by atoms with Gasteiger partial charge < -0.3 is 40.9 Å². The van der Waals surface area contributed by atoms with E-state index in [2.05, 4.69) is 84.5 Å². The van der Waals surface area contributed by atoms with Gasteiger partial charge in [-0.1, -0.05) is 123 Å². The molecule has 0 amide bonds. The first-order valence-electron chi connectivity index (χ1n) is 25.2. The van der Waals surface area contributed by atoms with Crippen LogP contribution in [-0.4, -0.2) is 40.9 Å². The molecule has 1 unspecified atom stereocenters. The number of hydrogen-bond donors (Lipinski definition) is 8. The van der Waals surface area contributed by atoms with Gasteiger partial charge in [0.2, 0.25) is 0 Å². The molecule has 8 N–H and O–H groups in total. The van der Waals surface area contributed by atoms with Gasteiger partial charge in [0.05, 0.1) is 38.0 Å². The van der Waals surface area contributed by atoms with Crippen LogP contribution in [-0.2, 0) is 21.7 Å². The summed E-state index contributed by atoms with van der Waals surface area (Å²) in [7, 11) is 0. The highest BCUT2D eigenvalue weighted by atomic mass is 79.9. The summed E-state index contributed by atoms with van der Waals surface area (Å²) in [5.41, 5.74) is 1.98. The fourth-order valence-electron chi connectivity index (χ4n) is 12.4. The van der Waals surface area contributed by atoms with E-state index in [4.69, 9.17) is 46.4 Å². The predicted octanol–water partition coefficient (Wildman–Crippen LogP) is 19.7. The SMILES string of the molecule is Cc1cc(C(C)(CC(C)(CC(C)(c2cc(Br)c(O)c(Br)c2)c2cc(Br)c(O)c(Br)c2)C(CC(C)(c2cc(Cl)c(O)c(Cl)c2)c2cc(Cl)c(O)c(Cl)c2)(c2ccc(O)cc2)c2ccc(O)cc2)c2cc(C)c(O)c(C)c2)cc(C)c1O. The zero-order chi connectivity index (χ0) is 58.9. The Labute approximate surface area is 520 Å². The molecular weight excluding hydrogens is 1360 g/mol. The quantitative estimate of drug-likeness (QED) is 0.0503. The molecule has 0 radical (unpaired) electrons. The first-order valence-corrected chi connectivity index (χ1v) is 29.9. The number of rotatable bonds is 15. The average Bonchev–Trinajstić information content (AvgIpc) is 3.39. The van der Waals surface area contributed by atoms with Crippen LogP contribution < -0.4 is 0 Å². The normalized spacial score (nSPS) is 13.2. The third-order valence-corrected chi connectivity index (χ3v) is 20.3. The molecule has 0 bridgehead atoms. The van der Waals surface area contributed by atoms with Crippen molar-refractivity contribution in [3.63, 3.8) is 0 Å². The van der Waals surface area contributed by atoms with Crippen LogP contribution in [0.1, 0.15) is 114 Å². The first kappa shape index (κ1) is 61.3. The fourth-order valence-corrected chi connectivity index (χ4v) is 15.8. The van der Waals surface area contributed by atoms with E-state index in [-0.39, 0.29) is 85.3 Å². The van der Waals surface area contributed by atoms with Crippen molar-refractivity contribution in [1.82, 2.24) is 0 Å². The van der Waals surface area contributed by atoms with Crippen LogP contribution >= 0.6 is 110 Å². The Morgan fingerprint density at radius 1 is 0.312 bits per heavy atom. The molecule has 8 aromatic carbocycles. The summed E-state index contributed by atoms with van der Waals surface area (Å²) >= 11 is 42.5. The highest BCUT2D eigenvalue weighted by molar-refractivity contribution is 9.11. The number of aryl methyl sites for hydroxylation is 4. The van der Waals surface area contributed by atoms with E-state index in [1.807, 2.05) is 107 Å². The van der Waals surface area contributed by atoms with E-state index in [1.54, 1.807) is 48.5 Å². The molecule has 8 rings (SSSR count). The van der Waals surface area contributed by atoms with E-state index in [9.17, 15) is 40.9 Å². The van der Waals surface area contributed by atoms with Gasteiger partial charge in [-0.25, -0.2) is 0 Å². The Kier molecular flexibility index (Phi) is 17.5. The number of hydrogen-bond acceptors (Lipinski definition) is 8. The van der Waals surface area contributed by atoms with Gasteiger partial charge in [-0.05, 0) is 256 Å². The highest BCUT2D eigenvalue weighted by Gasteiger charge is 2.59. The number of benzene rings is 8. The Balaban J connectivity index is 1.66. The van der Waals surface area contributed by atoms with E-state index >= 15 is 0 Å². The maximum atomic E-state index is 11.5. The van der Waals surface area contributed by atoms with Crippen LogP contribution in [0.2, 0.25) is 20.1 Å². The van der Waals surface area contributed by atoms with Gasteiger partial charge in [-0.15, -0.1) is 0 Å². The minimum absolute atomic E-state index is 0.00984. The largest absolute Gasteiger partial charge is 0.508 e. The van der Waals surface area contributed by atoms with Crippen molar-refractivity contribution < 1.29 is 40.9 Å². The molecule has 418 valence electrons. The van der Waals surface area contributed by atoms with Gasteiger partial charge in [0.15, 0.2) is 11.5 Å². The zero-order valence-corrected chi connectivity index (χ0v) is 54.1. The molecule has 8 aromatic rings. The maximum absolute atomic E-state index is 11.5. The summed E-state index contributed by atoms with van der Waals surface area (Å²) in [5, 5.41) is 90.7. The minimum atomic E-state index is -1.40. The first-order chi connectivity index (χ1) is 37.3. The van der Waals surface area contributed by atoms with E-state index in [0.29, 0.717) is 62.4 Å². The van der Waals surface area contributed by atoms with Crippen molar-refractivity contribution in [1.29, 1.82) is 0 Å². The van der Waals surface area contributed by atoms with Crippen molar-refractivity contribution in [3.05, 3.63) is 226 Å². The molecule has 0 aromatic heterocycles. The predicted molar refractivity (Wildman–Crippen MR) is 337 cm³/mol. The molecule has 0 fully saturated rings. The molecule has 1 atom stereocenters. The summed E-state index contributed by atoms with van der Waals surface area (Å²) in [6, 6.07) is 36.1. The molecule has 0 saturated carbocycles. The lowest BCUT2D eigenvalue weighted by atomic mass is 9.44. The third kappa shape index (κ3) is 11.0. The summed E-state index contributed by atoms with van der Waals surface area (Å²) < 4.78 is 1.61. The van der Waals surface area contributed by atoms with Crippen LogP contribution in [0, 0.1) is 33.1 Å². The average molecular weight is 1420 g/mol. The number of phenols is 8. The van der Waals surface area contributed by atoms with Gasteiger partial charge in [-0.3, -0.25) is 0 Å². The van der Waals surface area contributed by atoms with Crippen LogP contribution in [0.3, 0.4) is 0 Å². The second-order valence-electron chi connectivity index (χ2n) is 22.2. The number of aromatic hydroxyl groups is 8.